The molecule has 0 unspecified atom stereocenters. The summed E-state index contributed by atoms with van der Waals surface area (Å²) < 4.78 is 5.45. The molecule has 3 N–H and O–H groups in total. The Morgan fingerprint density at radius 1 is 1.05 bits per heavy atom. The van der Waals surface area contributed by atoms with Gasteiger partial charge in [0.25, 0.3) is 0 Å². The lowest BCUT2D eigenvalue weighted by Gasteiger charge is -2.07. The van der Waals surface area contributed by atoms with Crippen molar-refractivity contribution in [2.24, 2.45) is 5.73 Å². The van der Waals surface area contributed by atoms with Crippen LogP contribution in [0.15, 0.2) is 48.5 Å². The second-order valence-electron chi connectivity index (χ2n) is 4.84. The summed E-state index contributed by atoms with van der Waals surface area (Å²) in [5.41, 5.74) is 8.62. The molecule has 21 heavy (non-hydrogen) atoms. The summed E-state index contributed by atoms with van der Waals surface area (Å²) in [6.45, 7) is 2.55. The van der Waals surface area contributed by atoms with Gasteiger partial charge in [0.15, 0.2) is 0 Å². The van der Waals surface area contributed by atoms with Crippen LogP contribution < -0.4 is 15.8 Å². The summed E-state index contributed by atoms with van der Waals surface area (Å²) in [5, 5.41) is 2.76. The maximum atomic E-state index is 11.0. The Labute approximate surface area is 124 Å². The molecule has 2 aromatic rings. The SMILES string of the molecule is CC(=O)Nc1ccc(Cc2ccc(OCCN)cc2)cc1. The Balaban J connectivity index is 1.96. The predicted octanol–water partition coefficient (Wildman–Crippen LogP) is 2.57. The standard InChI is InChI=1S/C17H20N2O2/c1-13(20)19-16-6-2-14(3-7-16)12-15-4-8-17(9-5-15)21-11-10-18/h2-9H,10-12,18H2,1H3,(H,19,20). The highest BCUT2D eigenvalue weighted by atomic mass is 16.5. The van der Waals surface area contributed by atoms with Gasteiger partial charge in [0, 0.05) is 19.2 Å². The molecule has 0 aliphatic heterocycles. The molecule has 4 nitrogen and oxygen atoms in total. The second-order valence-corrected chi connectivity index (χ2v) is 4.84. The Morgan fingerprint density at radius 2 is 1.62 bits per heavy atom. The molecule has 0 aliphatic rings. The Morgan fingerprint density at radius 3 is 2.14 bits per heavy atom. The number of ether oxygens (including phenoxy) is 1. The molecule has 0 fully saturated rings. The van der Waals surface area contributed by atoms with Gasteiger partial charge >= 0.3 is 0 Å². The van der Waals surface area contributed by atoms with Gasteiger partial charge in [0.2, 0.25) is 5.91 Å². The Bertz CT molecular complexity index is 577. The molecule has 0 saturated carbocycles. The average Bonchev–Trinajstić information content (AvgIpc) is 2.48. The first-order chi connectivity index (χ1) is 10.2. The van der Waals surface area contributed by atoms with Gasteiger partial charge in [0.05, 0.1) is 0 Å². The number of carbonyl (C=O) groups is 1. The van der Waals surface area contributed by atoms with E-state index in [4.69, 9.17) is 10.5 Å². The van der Waals surface area contributed by atoms with Gasteiger partial charge in [-0.15, -0.1) is 0 Å². The number of anilines is 1. The van der Waals surface area contributed by atoms with Crippen LogP contribution in [0.4, 0.5) is 5.69 Å². The summed E-state index contributed by atoms with van der Waals surface area (Å²) in [6.07, 6.45) is 0.845. The molecule has 2 rings (SSSR count). The number of amides is 1. The molecule has 0 aliphatic carbocycles. The summed E-state index contributed by atoms with van der Waals surface area (Å²) in [5.74, 6) is 0.779. The van der Waals surface area contributed by atoms with Crippen LogP contribution in [0.2, 0.25) is 0 Å². The fourth-order valence-electron chi connectivity index (χ4n) is 2.03. The minimum absolute atomic E-state index is 0.0594. The number of hydrogen-bond donors (Lipinski definition) is 2. The van der Waals surface area contributed by atoms with Gasteiger partial charge in [-0.2, -0.15) is 0 Å². The minimum atomic E-state index is -0.0594. The molecular formula is C17H20N2O2. The number of nitrogens with two attached hydrogens (primary N) is 1. The highest BCUT2D eigenvalue weighted by Gasteiger charge is 2.00. The molecule has 0 saturated heterocycles. The number of nitrogens with one attached hydrogen (secondary N) is 1. The third-order valence-corrected chi connectivity index (χ3v) is 2.99. The molecule has 110 valence electrons. The van der Waals surface area contributed by atoms with Crippen molar-refractivity contribution in [3.63, 3.8) is 0 Å². The largest absolute Gasteiger partial charge is 0.492 e. The highest BCUT2D eigenvalue weighted by molar-refractivity contribution is 5.88. The van der Waals surface area contributed by atoms with E-state index < -0.39 is 0 Å². The molecule has 0 radical (unpaired) electrons. The summed E-state index contributed by atoms with van der Waals surface area (Å²) >= 11 is 0. The van der Waals surface area contributed by atoms with Crippen molar-refractivity contribution in [3.05, 3.63) is 59.7 Å². The summed E-state index contributed by atoms with van der Waals surface area (Å²) in [6, 6.07) is 15.9. The van der Waals surface area contributed by atoms with Gasteiger partial charge in [-0.05, 0) is 41.8 Å². The minimum Gasteiger partial charge on any atom is -0.492 e. The first kappa shape index (κ1) is 15.1. The number of rotatable bonds is 6. The molecule has 0 bridgehead atoms. The van der Waals surface area contributed by atoms with Gasteiger partial charge in [-0.1, -0.05) is 24.3 Å². The van der Waals surface area contributed by atoms with Crippen LogP contribution in [0.3, 0.4) is 0 Å². The van der Waals surface area contributed by atoms with E-state index in [0.29, 0.717) is 13.2 Å². The maximum Gasteiger partial charge on any atom is 0.221 e. The van der Waals surface area contributed by atoms with E-state index in [1.54, 1.807) is 0 Å². The van der Waals surface area contributed by atoms with Crippen molar-refractivity contribution in [2.45, 2.75) is 13.3 Å². The fraction of sp³-hybridized carbons (Fsp3) is 0.235. The molecule has 0 spiro atoms. The number of benzene rings is 2. The summed E-state index contributed by atoms with van der Waals surface area (Å²) in [7, 11) is 0. The molecule has 2 aromatic carbocycles. The predicted molar refractivity (Wildman–Crippen MR) is 84.5 cm³/mol. The second kappa shape index (κ2) is 7.45. The van der Waals surface area contributed by atoms with E-state index >= 15 is 0 Å². The van der Waals surface area contributed by atoms with Crippen LogP contribution in [-0.2, 0) is 11.2 Å². The zero-order chi connectivity index (χ0) is 15.1. The van der Waals surface area contributed by atoms with Crippen LogP contribution in [0.1, 0.15) is 18.1 Å². The monoisotopic (exact) mass is 284 g/mol. The van der Waals surface area contributed by atoms with Crippen LogP contribution in [0.5, 0.6) is 5.75 Å². The van der Waals surface area contributed by atoms with Crippen molar-refractivity contribution >= 4 is 11.6 Å². The normalized spacial score (nSPS) is 10.2. The lowest BCUT2D eigenvalue weighted by molar-refractivity contribution is -0.114. The van der Waals surface area contributed by atoms with Crippen LogP contribution in [0, 0.1) is 0 Å². The summed E-state index contributed by atoms with van der Waals surface area (Å²) in [4.78, 5) is 11.0. The smallest absolute Gasteiger partial charge is 0.221 e. The van der Waals surface area contributed by atoms with Crippen molar-refractivity contribution in [3.8, 4) is 5.75 Å². The maximum absolute atomic E-state index is 11.0. The molecular weight excluding hydrogens is 264 g/mol. The Kier molecular flexibility index (Phi) is 5.35. The van der Waals surface area contributed by atoms with Crippen molar-refractivity contribution in [1.29, 1.82) is 0 Å². The molecule has 0 heterocycles. The van der Waals surface area contributed by atoms with E-state index in [0.717, 1.165) is 17.9 Å². The van der Waals surface area contributed by atoms with Gasteiger partial charge in [0.1, 0.15) is 12.4 Å². The van der Waals surface area contributed by atoms with Gasteiger partial charge in [-0.25, -0.2) is 0 Å². The third kappa shape index (κ3) is 4.93. The average molecular weight is 284 g/mol. The molecule has 1 amide bonds. The van der Waals surface area contributed by atoms with Crippen LogP contribution in [0.25, 0.3) is 0 Å². The molecule has 0 aromatic heterocycles. The third-order valence-electron chi connectivity index (χ3n) is 2.99. The lowest BCUT2D eigenvalue weighted by Crippen LogP contribution is -2.10. The Hall–Kier alpha value is -2.33. The van der Waals surface area contributed by atoms with Crippen LogP contribution in [-0.4, -0.2) is 19.1 Å². The zero-order valence-corrected chi connectivity index (χ0v) is 12.1. The first-order valence-electron chi connectivity index (χ1n) is 6.96. The zero-order valence-electron chi connectivity index (χ0n) is 12.1. The van der Waals surface area contributed by atoms with Gasteiger partial charge < -0.3 is 15.8 Å². The van der Waals surface area contributed by atoms with Gasteiger partial charge in [-0.3, -0.25) is 4.79 Å². The quantitative estimate of drug-likeness (QED) is 0.857. The number of carbonyl (C=O) groups excluding carboxylic acids is 1. The van der Waals surface area contributed by atoms with Crippen LogP contribution >= 0.6 is 0 Å². The van der Waals surface area contributed by atoms with E-state index in [9.17, 15) is 4.79 Å². The fourth-order valence-corrected chi connectivity index (χ4v) is 2.03. The van der Waals surface area contributed by atoms with Crippen molar-refractivity contribution in [2.75, 3.05) is 18.5 Å². The molecule has 0 atom stereocenters. The number of hydrogen-bond acceptors (Lipinski definition) is 3. The van der Waals surface area contributed by atoms with E-state index in [2.05, 4.69) is 5.32 Å². The van der Waals surface area contributed by atoms with E-state index in [1.165, 1.54) is 18.1 Å². The van der Waals surface area contributed by atoms with E-state index in [1.807, 2.05) is 48.5 Å². The van der Waals surface area contributed by atoms with Crippen molar-refractivity contribution in [1.82, 2.24) is 0 Å². The highest BCUT2D eigenvalue weighted by Crippen LogP contribution is 2.17. The van der Waals surface area contributed by atoms with Crippen molar-refractivity contribution < 1.29 is 9.53 Å². The van der Waals surface area contributed by atoms with E-state index in [-0.39, 0.29) is 5.91 Å². The molecule has 4 heteroatoms. The first-order valence-corrected chi connectivity index (χ1v) is 6.96. The lowest BCUT2D eigenvalue weighted by atomic mass is 10.0. The topological polar surface area (TPSA) is 64.3 Å².